The standard InChI is InChI=1S/C23H27F3N2O/c1-2-28(17-18-6-4-3-5-7-18)22(29)20-12-14-27(15-13-20)16-19-8-10-21(11-9-19)23(24,25)26/h3-11,20H,2,12-17H2,1H3. The van der Waals surface area contributed by atoms with Crippen molar-refractivity contribution in [2.75, 3.05) is 19.6 Å². The Morgan fingerprint density at radius 2 is 1.62 bits per heavy atom. The number of hydrogen-bond donors (Lipinski definition) is 0. The monoisotopic (exact) mass is 404 g/mol. The topological polar surface area (TPSA) is 23.6 Å². The second-order valence-corrected chi connectivity index (χ2v) is 7.58. The van der Waals surface area contributed by atoms with Gasteiger partial charge in [-0.15, -0.1) is 0 Å². The molecule has 3 nitrogen and oxygen atoms in total. The highest BCUT2D eigenvalue weighted by molar-refractivity contribution is 5.79. The lowest BCUT2D eigenvalue weighted by Gasteiger charge is -2.34. The number of alkyl halides is 3. The maximum Gasteiger partial charge on any atom is 0.416 e. The summed E-state index contributed by atoms with van der Waals surface area (Å²) in [5.41, 5.74) is 1.37. The van der Waals surface area contributed by atoms with E-state index in [0.717, 1.165) is 49.2 Å². The average Bonchev–Trinajstić information content (AvgIpc) is 2.72. The number of hydrogen-bond acceptors (Lipinski definition) is 2. The second kappa shape index (κ2) is 9.44. The normalized spacial score (nSPS) is 16.0. The van der Waals surface area contributed by atoms with Crippen LogP contribution in [-0.4, -0.2) is 35.3 Å². The lowest BCUT2D eigenvalue weighted by atomic mass is 9.94. The number of piperidine rings is 1. The van der Waals surface area contributed by atoms with E-state index < -0.39 is 11.7 Å². The fraction of sp³-hybridized carbons (Fsp3) is 0.435. The van der Waals surface area contributed by atoms with E-state index in [1.54, 1.807) is 12.1 Å². The maximum atomic E-state index is 12.9. The second-order valence-electron chi connectivity index (χ2n) is 7.58. The van der Waals surface area contributed by atoms with Crippen LogP contribution in [0.4, 0.5) is 13.2 Å². The van der Waals surface area contributed by atoms with Gasteiger partial charge in [0.15, 0.2) is 0 Å². The third kappa shape index (κ3) is 5.82. The molecule has 0 aliphatic carbocycles. The van der Waals surface area contributed by atoms with Crippen molar-refractivity contribution in [3.8, 4) is 0 Å². The van der Waals surface area contributed by atoms with Gasteiger partial charge in [-0.05, 0) is 56.1 Å². The number of rotatable bonds is 6. The van der Waals surface area contributed by atoms with Gasteiger partial charge >= 0.3 is 6.18 Å². The van der Waals surface area contributed by atoms with Gasteiger partial charge in [-0.25, -0.2) is 0 Å². The summed E-state index contributed by atoms with van der Waals surface area (Å²) in [6.07, 6.45) is -2.74. The van der Waals surface area contributed by atoms with Gasteiger partial charge in [0.2, 0.25) is 5.91 Å². The smallest absolute Gasteiger partial charge is 0.338 e. The summed E-state index contributed by atoms with van der Waals surface area (Å²) in [6, 6.07) is 15.3. The molecule has 0 spiro atoms. The molecule has 0 bridgehead atoms. The first-order valence-corrected chi connectivity index (χ1v) is 10.1. The van der Waals surface area contributed by atoms with Gasteiger partial charge in [0, 0.05) is 25.6 Å². The van der Waals surface area contributed by atoms with E-state index in [1.165, 1.54) is 0 Å². The van der Waals surface area contributed by atoms with Crippen LogP contribution >= 0.6 is 0 Å². The van der Waals surface area contributed by atoms with Crippen LogP contribution in [0, 0.1) is 5.92 Å². The molecule has 0 unspecified atom stereocenters. The highest BCUT2D eigenvalue weighted by Gasteiger charge is 2.30. The molecule has 1 aliphatic rings. The first-order chi connectivity index (χ1) is 13.9. The molecule has 1 amide bonds. The number of carbonyl (C=O) groups is 1. The summed E-state index contributed by atoms with van der Waals surface area (Å²) in [5.74, 6) is 0.216. The molecule has 1 saturated heterocycles. The molecule has 29 heavy (non-hydrogen) atoms. The highest BCUT2D eigenvalue weighted by Crippen LogP contribution is 2.29. The molecule has 2 aromatic rings. The third-order valence-electron chi connectivity index (χ3n) is 5.53. The zero-order valence-corrected chi connectivity index (χ0v) is 16.7. The number of benzene rings is 2. The van der Waals surface area contributed by atoms with E-state index in [-0.39, 0.29) is 11.8 Å². The van der Waals surface area contributed by atoms with Gasteiger partial charge in [-0.1, -0.05) is 42.5 Å². The predicted molar refractivity (Wildman–Crippen MR) is 107 cm³/mol. The zero-order chi connectivity index (χ0) is 20.9. The number of carbonyl (C=O) groups excluding carboxylic acids is 1. The number of halogens is 3. The molecule has 1 heterocycles. The molecular weight excluding hydrogens is 377 g/mol. The van der Waals surface area contributed by atoms with E-state index in [0.29, 0.717) is 19.6 Å². The molecule has 0 aromatic heterocycles. The quantitative estimate of drug-likeness (QED) is 0.679. The number of likely N-dealkylation sites (tertiary alicyclic amines) is 1. The Balaban J connectivity index is 1.51. The fourth-order valence-corrected chi connectivity index (χ4v) is 3.80. The zero-order valence-electron chi connectivity index (χ0n) is 16.7. The Hall–Kier alpha value is -2.34. The van der Waals surface area contributed by atoms with Gasteiger partial charge in [0.1, 0.15) is 0 Å². The average molecular weight is 404 g/mol. The Bertz CT molecular complexity index is 782. The molecule has 1 fully saturated rings. The van der Waals surface area contributed by atoms with Crippen molar-refractivity contribution in [1.82, 2.24) is 9.80 Å². The number of nitrogens with zero attached hydrogens (tertiary/aromatic N) is 2. The number of amides is 1. The Morgan fingerprint density at radius 1 is 1.00 bits per heavy atom. The van der Waals surface area contributed by atoms with Crippen LogP contribution < -0.4 is 0 Å². The van der Waals surface area contributed by atoms with Crippen LogP contribution in [0.5, 0.6) is 0 Å². The van der Waals surface area contributed by atoms with Crippen molar-refractivity contribution in [1.29, 1.82) is 0 Å². The Labute approximate surface area is 170 Å². The largest absolute Gasteiger partial charge is 0.416 e. The van der Waals surface area contributed by atoms with Crippen LogP contribution in [0.3, 0.4) is 0 Å². The van der Waals surface area contributed by atoms with Crippen LogP contribution in [-0.2, 0) is 24.1 Å². The molecular formula is C23H27F3N2O. The van der Waals surface area contributed by atoms with Gasteiger partial charge in [0.05, 0.1) is 5.56 Å². The summed E-state index contributed by atoms with van der Waals surface area (Å²) >= 11 is 0. The minimum absolute atomic E-state index is 0.0162. The molecule has 156 valence electrons. The minimum Gasteiger partial charge on any atom is -0.338 e. The maximum absolute atomic E-state index is 12.9. The summed E-state index contributed by atoms with van der Waals surface area (Å²) in [6.45, 7) is 5.48. The first kappa shape index (κ1) is 21.4. The Kier molecular flexibility index (Phi) is 6.96. The molecule has 0 radical (unpaired) electrons. The van der Waals surface area contributed by atoms with Crippen LogP contribution in [0.15, 0.2) is 54.6 Å². The SMILES string of the molecule is CCN(Cc1ccccc1)C(=O)C1CCN(Cc2ccc(C(F)(F)F)cc2)CC1. The summed E-state index contributed by atoms with van der Waals surface area (Å²) in [5, 5.41) is 0. The molecule has 2 aromatic carbocycles. The molecule has 6 heteroatoms. The molecule has 1 aliphatic heterocycles. The van der Waals surface area contributed by atoms with Crippen molar-refractivity contribution in [2.45, 2.75) is 39.0 Å². The fourth-order valence-electron chi connectivity index (χ4n) is 3.80. The van der Waals surface area contributed by atoms with Gasteiger partial charge in [0.25, 0.3) is 0 Å². The van der Waals surface area contributed by atoms with E-state index >= 15 is 0 Å². The van der Waals surface area contributed by atoms with Crippen molar-refractivity contribution in [2.24, 2.45) is 5.92 Å². The molecule has 0 saturated carbocycles. The van der Waals surface area contributed by atoms with E-state index in [2.05, 4.69) is 4.90 Å². The van der Waals surface area contributed by atoms with Crippen molar-refractivity contribution in [3.63, 3.8) is 0 Å². The van der Waals surface area contributed by atoms with Crippen LogP contribution in [0.25, 0.3) is 0 Å². The molecule has 0 atom stereocenters. The summed E-state index contributed by atoms with van der Waals surface area (Å²) < 4.78 is 38.0. The van der Waals surface area contributed by atoms with Crippen molar-refractivity contribution < 1.29 is 18.0 Å². The highest BCUT2D eigenvalue weighted by atomic mass is 19.4. The summed E-state index contributed by atoms with van der Waals surface area (Å²) in [7, 11) is 0. The van der Waals surface area contributed by atoms with E-state index in [1.807, 2.05) is 42.2 Å². The van der Waals surface area contributed by atoms with E-state index in [4.69, 9.17) is 0 Å². The van der Waals surface area contributed by atoms with Gasteiger partial charge in [-0.2, -0.15) is 13.2 Å². The first-order valence-electron chi connectivity index (χ1n) is 10.1. The van der Waals surface area contributed by atoms with Crippen LogP contribution in [0.1, 0.15) is 36.5 Å². The minimum atomic E-state index is -4.30. The van der Waals surface area contributed by atoms with Crippen molar-refractivity contribution >= 4 is 5.91 Å². The van der Waals surface area contributed by atoms with Gasteiger partial charge < -0.3 is 4.90 Å². The van der Waals surface area contributed by atoms with Gasteiger partial charge in [-0.3, -0.25) is 9.69 Å². The summed E-state index contributed by atoms with van der Waals surface area (Å²) in [4.78, 5) is 17.0. The predicted octanol–water partition coefficient (Wildman–Crippen LogP) is 4.97. The van der Waals surface area contributed by atoms with Crippen molar-refractivity contribution in [3.05, 3.63) is 71.3 Å². The lowest BCUT2D eigenvalue weighted by Crippen LogP contribution is -2.42. The molecule has 0 N–H and O–H groups in total. The lowest BCUT2D eigenvalue weighted by molar-refractivity contribution is -0.138. The van der Waals surface area contributed by atoms with Crippen LogP contribution in [0.2, 0.25) is 0 Å². The third-order valence-corrected chi connectivity index (χ3v) is 5.53. The van der Waals surface area contributed by atoms with E-state index in [9.17, 15) is 18.0 Å². The Morgan fingerprint density at radius 3 is 2.17 bits per heavy atom. The molecule has 3 rings (SSSR count).